The van der Waals surface area contributed by atoms with E-state index in [-0.39, 0.29) is 0 Å². The fourth-order valence-corrected chi connectivity index (χ4v) is 1.93. The highest BCUT2D eigenvalue weighted by Gasteiger charge is 2.27. The molecule has 1 aliphatic carbocycles. The first-order valence-corrected chi connectivity index (χ1v) is 6.24. The van der Waals surface area contributed by atoms with Crippen molar-refractivity contribution in [3.63, 3.8) is 0 Å². The van der Waals surface area contributed by atoms with Crippen LogP contribution >= 0.6 is 0 Å². The Balaban J connectivity index is 2.41. The third kappa shape index (κ3) is 4.00. The quantitative estimate of drug-likeness (QED) is 0.631. The highest BCUT2D eigenvalue weighted by molar-refractivity contribution is 4.81. The third-order valence-corrected chi connectivity index (χ3v) is 3.33. The zero-order chi connectivity index (χ0) is 10.7. The van der Waals surface area contributed by atoms with E-state index >= 15 is 0 Å². The Hall–Kier alpha value is -0.0400. The fourth-order valence-electron chi connectivity index (χ4n) is 1.93. The van der Waals surface area contributed by atoms with Gasteiger partial charge in [0.05, 0.1) is 0 Å². The Morgan fingerprint density at radius 3 is 2.00 bits per heavy atom. The second-order valence-corrected chi connectivity index (χ2v) is 5.78. The van der Waals surface area contributed by atoms with Crippen LogP contribution in [0.15, 0.2) is 0 Å². The first-order valence-electron chi connectivity index (χ1n) is 6.24. The average Bonchev–Trinajstić information content (AvgIpc) is 2.84. The molecule has 1 atom stereocenters. The summed E-state index contributed by atoms with van der Waals surface area (Å²) in [5.41, 5.74) is 0. The molecule has 1 fully saturated rings. The fraction of sp³-hybridized carbons (Fsp3) is 1.00. The van der Waals surface area contributed by atoms with Crippen LogP contribution in [0.5, 0.6) is 0 Å². The first kappa shape index (κ1) is 12.0. The van der Waals surface area contributed by atoms with Crippen molar-refractivity contribution in [1.29, 1.82) is 0 Å². The molecule has 1 heteroatoms. The number of nitrogens with zero attached hydrogens (tertiary/aromatic N) is 1. The number of hydrogen-bond donors (Lipinski definition) is 0. The van der Waals surface area contributed by atoms with Gasteiger partial charge in [-0.25, -0.2) is 0 Å². The van der Waals surface area contributed by atoms with Crippen LogP contribution in [0.3, 0.4) is 0 Å². The maximum Gasteiger partial charge on any atom is 0.00901 e. The van der Waals surface area contributed by atoms with Crippen LogP contribution in [-0.2, 0) is 0 Å². The molecule has 1 nitrogen and oxygen atoms in total. The SMILES string of the molecule is CC(C)CN(CC1CC1)[C@@H](C)C(C)C. The zero-order valence-electron chi connectivity index (χ0n) is 10.6. The van der Waals surface area contributed by atoms with Crippen molar-refractivity contribution in [2.75, 3.05) is 13.1 Å². The molecule has 14 heavy (non-hydrogen) atoms. The molecule has 0 aliphatic heterocycles. The van der Waals surface area contributed by atoms with Gasteiger partial charge in [-0.2, -0.15) is 0 Å². The van der Waals surface area contributed by atoms with Crippen LogP contribution in [-0.4, -0.2) is 24.0 Å². The van der Waals surface area contributed by atoms with Crippen molar-refractivity contribution in [1.82, 2.24) is 4.90 Å². The molecule has 1 rings (SSSR count). The summed E-state index contributed by atoms with van der Waals surface area (Å²) < 4.78 is 0. The molecular weight excluding hydrogens is 170 g/mol. The van der Waals surface area contributed by atoms with Gasteiger partial charge in [-0.3, -0.25) is 4.90 Å². The monoisotopic (exact) mass is 197 g/mol. The van der Waals surface area contributed by atoms with Gasteiger partial charge in [0.15, 0.2) is 0 Å². The minimum Gasteiger partial charge on any atom is -0.300 e. The lowest BCUT2D eigenvalue weighted by molar-refractivity contribution is 0.144. The maximum absolute atomic E-state index is 2.70. The van der Waals surface area contributed by atoms with E-state index in [1.165, 1.54) is 25.9 Å². The van der Waals surface area contributed by atoms with Crippen LogP contribution in [0, 0.1) is 17.8 Å². The van der Waals surface area contributed by atoms with Gasteiger partial charge in [0, 0.05) is 19.1 Å². The number of rotatable bonds is 6. The van der Waals surface area contributed by atoms with E-state index in [9.17, 15) is 0 Å². The second-order valence-electron chi connectivity index (χ2n) is 5.78. The second kappa shape index (κ2) is 5.16. The van der Waals surface area contributed by atoms with E-state index in [0.717, 1.165) is 23.8 Å². The summed E-state index contributed by atoms with van der Waals surface area (Å²) in [5, 5.41) is 0. The van der Waals surface area contributed by atoms with Crippen molar-refractivity contribution in [2.45, 2.75) is 53.5 Å². The maximum atomic E-state index is 2.70. The molecule has 0 saturated heterocycles. The summed E-state index contributed by atoms with van der Waals surface area (Å²) in [6.45, 7) is 14.3. The average molecular weight is 197 g/mol. The standard InChI is InChI=1S/C13H27N/c1-10(2)8-14(9-13-6-7-13)12(5)11(3)4/h10-13H,6-9H2,1-5H3/t12-/m0/s1. The Morgan fingerprint density at radius 2 is 1.64 bits per heavy atom. The summed E-state index contributed by atoms with van der Waals surface area (Å²) >= 11 is 0. The Labute approximate surface area is 89.9 Å². The lowest BCUT2D eigenvalue weighted by Gasteiger charge is -2.33. The van der Waals surface area contributed by atoms with Crippen molar-refractivity contribution >= 4 is 0 Å². The summed E-state index contributed by atoms with van der Waals surface area (Å²) in [6, 6.07) is 0.748. The minimum absolute atomic E-state index is 0.748. The minimum atomic E-state index is 0.748. The Morgan fingerprint density at radius 1 is 1.07 bits per heavy atom. The number of hydrogen-bond acceptors (Lipinski definition) is 1. The highest BCUT2D eigenvalue weighted by Crippen LogP contribution is 2.31. The molecule has 0 amide bonds. The zero-order valence-corrected chi connectivity index (χ0v) is 10.6. The van der Waals surface area contributed by atoms with E-state index in [1.807, 2.05) is 0 Å². The van der Waals surface area contributed by atoms with E-state index in [4.69, 9.17) is 0 Å². The van der Waals surface area contributed by atoms with E-state index < -0.39 is 0 Å². The molecule has 0 aromatic rings. The highest BCUT2D eigenvalue weighted by atomic mass is 15.2. The van der Waals surface area contributed by atoms with Crippen molar-refractivity contribution < 1.29 is 0 Å². The topological polar surface area (TPSA) is 3.24 Å². The lowest BCUT2D eigenvalue weighted by Crippen LogP contribution is -2.40. The molecule has 0 N–H and O–H groups in total. The van der Waals surface area contributed by atoms with Crippen LogP contribution in [0.4, 0.5) is 0 Å². The van der Waals surface area contributed by atoms with Crippen LogP contribution < -0.4 is 0 Å². The molecule has 0 heterocycles. The predicted octanol–water partition coefficient (Wildman–Crippen LogP) is 3.40. The molecule has 0 unspecified atom stereocenters. The lowest BCUT2D eigenvalue weighted by atomic mass is 10.0. The van der Waals surface area contributed by atoms with E-state index in [0.29, 0.717) is 0 Å². The van der Waals surface area contributed by atoms with Crippen LogP contribution in [0.25, 0.3) is 0 Å². The summed E-state index contributed by atoms with van der Waals surface area (Å²) in [7, 11) is 0. The molecule has 0 bridgehead atoms. The van der Waals surface area contributed by atoms with Gasteiger partial charge in [0.2, 0.25) is 0 Å². The Kier molecular flexibility index (Phi) is 4.43. The molecule has 84 valence electrons. The molecule has 0 spiro atoms. The Bertz CT molecular complexity index is 155. The normalized spacial score (nSPS) is 19.7. The van der Waals surface area contributed by atoms with Gasteiger partial charge in [-0.15, -0.1) is 0 Å². The molecule has 0 radical (unpaired) electrons. The van der Waals surface area contributed by atoms with Gasteiger partial charge in [0.25, 0.3) is 0 Å². The molecule has 1 saturated carbocycles. The molecule has 0 aromatic carbocycles. The van der Waals surface area contributed by atoms with Gasteiger partial charge in [-0.1, -0.05) is 27.7 Å². The van der Waals surface area contributed by atoms with Gasteiger partial charge >= 0.3 is 0 Å². The van der Waals surface area contributed by atoms with Gasteiger partial charge in [0.1, 0.15) is 0 Å². The van der Waals surface area contributed by atoms with Gasteiger partial charge in [-0.05, 0) is 37.5 Å². The molecule has 0 aromatic heterocycles. The summed E-state index contributed by atoms with van der Waals surface area (Å²) in [5.74, 6) is 2.61. The van der Waals surface area contributed by atoms with Crippen LogP contribution in [0.2, 0.25) is 0 Å². The van der Waals surface area contributed by atoms with E-state index in [1.54, 1.807) is 0 Å². The first-order chi connectivity index (χ1) is 6.50. The van der Waals surface area contributed by atoms with Crippen LogP contribution in [0.1, 0.15) is 47.5 Å². The summed E-state index contributed by atoms with van der Waals surface area (Å²) in [6.07, 6.45) is 2.94. The smallest absolute Gasteiger partial charge is 0.00901 e. The largest absolute Gasteiger partial charge is 0.300 e. The predicted molar refractivity (Wildman–Crippen MR) is 63.4 cm³/mol. The molecule has 1 aliphatic rings. The molecular formula is C13H27N. The van der Waals surface area contributed by atoms with Gasteiger partial charge < -0.3 is 0 Å². The van der Waals surface area contributed by atoms with Crippen molar-refractivity contribution in [3.8, 4) is 0 Å². The van der Waals surface area contributed by atoms with E-state index in [2.05, 4.69) is 39.5 Å². The third-order valence-electron chi connectivity index (χ3n) is 3.33. The van der Waals surface area contributed by atoms with Crippen molar-refractivity contribution in [2.24, 2.45) is 17.8 Å². The van der Waals surface area contributed by atoms with Crippen molar-refractivity contribution in [3.05, 3.63) is 0 Å². The summed E-state index contributed by atoms with van der Waals surface area (Å²) in [4.78, 5) is 2.70.